The van der Waals surface area contributed by atoms with E-state index in [1.54, 1.807) is 17.1 Å². The van der Waals surface area contributed by atoms with E-state index < -0.39 is 0 Å². The summed E-state index contributed by atoms with van der Waals surface area (Å²) in [4.78, 5) is 29.1. The highest BCUT2D eigenvalue weighted by atomic mass is 16.5. The van der Waals surface area contributed by atoms with Crippen molar-refractivity contribution in [3.63, 3.8) is 0 Å². The van der Waals surface area contributed by atoms with E-state index in [-0.39, 0.29) is 29.5 Å². The topological polar surface area (TPSA) is 104 Å². The summed E-state index contributed by atoms with van der Waals surface area (Å²) in [6.07, 6.45) is 6.86. The largest absolute Gasteiger partial charge is 0.492 e. The van der Waals surface area contributed by atoms with Gasteiger partial charge in [0.1, 0.15) is 25.0 Å². The Morgan fingerprint density at radius 1 is 1.10 bits per heavy atom. The van der Waals surface area contributed by atoms with Crippen LogP contribution < -0.4 is 15.6 Å². The lowest BCUT2D eigenvalue weighted by Crippen LogP contribution is -2.44. The molecule has 1 aliphatic carbocycles. The third kappa shape index (κ3) is 4.08. The van der Waals surface area contributed by atoms with Crippen molar-refractivity contribution in [3.05, 3.63) is 65.0 Å². The van der Waals surface area contributed by atoms with Gasteiger partial charge in [0.25, 0.3) is 5.56 Å². The van der Waals surface area contributed by atoms with Crippen LogP contribution in [0.1, 0.15) is 37.3 Å². The molecule has 160 valence electrons. The van der Waals surface area contributed by atoms with E-state index in [0.717, 1.165) is 37.0 Å². The number of rotatable bonds is 4. The minimum atomic E-state index is -0.170. The van der Waals surface area contributed by atoms with Crippen molar-refractivity contribution in [3.8, 4) is 11.6 Å². The van der Waals surface area contributed by atoms with Crippen molar-refractivity contribution in [1.82, 2.24) is 29.9 Å². The molecule has 1 amide bonds. The monoisotopic (exact) mass is 420 g/mol. The van der Waals surface area contributed by atoms with Gasteiger partial charge < -0.3 is 10.1 Å². The average Bonchev–Trinajstić information content (AvgIpc) is 3.35. The molecule has 1 unspecified atom stereocenters. The van der Waals surface area contributed by atoms with Crippen LogP contribution in [0.4, 0.5) is 0 Å². The number of nitrogens with zero attached hydrogens (tertiary/aromatic N) is 5. The van der Waals surface area contributed by atoms with Crippen LogP contribution >= 0.6 is 0 Å². The molecule has 3 heterocycles. The zero-order chi connectivity index (χ0) is 21.2. The highest BCUT2D eigenvalue weighted by molar-refractivity contribution is 5.80. The lowest BCUT2D eigenvalue weighted by molar-refractivity contribution is -0.127. The highest BCUT2D eigenvalue weighted by Gasteiger charge is 2.30. The molecule has 0 saturated heterocycles. The van der Waals surface area contributed by atoms with Crippen molar-refractivity contribution >= 4 is 5.91 Å². The Labute approximate surface area is 179 Å². The number of aromatic nitrogens is 5. The zero-order valence-electron chi connectivity index (χ0n) is 17.1. The number of amides is 1. The summed E-state index contributed by atoms with van der Waals surface area (Å²) in [6.45, 7) is 0.409. The molecule has 2 aromatic heterocycles. The minimum Gasteiger partial charge on any atom is -0.492 e. The quantitative estimate of drug-likeness (QED) is 0.689. The summed E-state index contributed by atoms with van der Waals surface area (Å²) in [5, 5.41) is 11.7. The molecule has 1 aromatic carbocycles. The van der Waals surface area contributed by atoms with Crippen LogP contribution in [0.15, 0.2) is 53.8 Å². The average molecular weight is 420 g/mol. The second-order valence-electron chi connectivity index (χ2n) is 8.15. The number of carbonyl (C=O) groups is 1. The Balaban J connectivity index is 1.19. The first-order valence-corrected chi connectivity index (χ1v) is 10.6. The number of para-hydroxylation sites is 1. The molecule has 1 saturated carbocycles. The summed E-state index contributed by atoms with van der Waals surface area (Å²) in [5.41, 5.74) is 0.949. The van der Waals surface area contributed by atoms with Gasteiger partial charge in [-0.2, -0.15) is 5.10 Å². The molecule has 0 bridgehead atoms. The van der Waals surface area contributed by atoms with Crippen molar-refractivity contribution in [2.75, 3.05) is 6.61 Å². The van der Waals surface area contributed by atoms with Crippen molar-refractivity contribution in [2.24, 2.45) is 5.92 Å². The Hall–Kier alpha value is -3.49. The Kier molecular flexibility index (Phi) is 5.23. The number of carbonyl (C=O) groups excluding carboxylic acids is 1. The van der Waals surface area contributed by atoms with Gasteiger partial charge >= 0.3 is 0 Å². The fraction of sp³-hybridized carbons (Fsp3) is 0.409. The first-order valence-electron chi connectivity index (χ1n) is 10.6. The van der Waals surface area contributed by atoms with E-state index >= 15 is 0 Å². The van der Waals surface area contributed by atoms with Gasteiger partial charge in [-0.15, -0.1) is 5.10 Å². The molecule has 5 rings (SSSR count). The zero-order valence-corrected chi connectivity index (χ0v) is 17.1. The van der Waals surface area contributed by atoms with E-state index in [1.165, 1.54) is 17.1 Å². The summed E-state index contributed by atoms with van der Waals surface area (Å²) in [5.74, 6) is 1.31. The SMILES string of the molecule is O=C(NC1CCC(n2nc(-n3cncn3)ccc2=O)CC1)C1COc2ccccc2C1. The number of benzene rings is 1. The van der Waals surface area contributed by atoms with Gasteiger partial charge in [-0.3, -0.25) is 9.59 Å². The van der Waals surface area contributed by atoms with Gasteiger partial charge in [0.05, 0.1) is 12.0 Å². The number of ether oxygens (including phenoxy) is 1. The molecule has 1 atom stereocenters. The molecule has 9 heteroatoms. The van der Waals surface area contributed by atoms with E-state index in [0.29, 0.717) is 18.8 Å². The maximum absolute atomic E-state index is 12.8. The summed E-state index contributed by atoms with van der Waals surface area (Å²) in [6, 6.07) is 11.1. The van der Waals surface area contributed by atoms with Gasteiger partial charge in [-0.25, -0.2) is 14.3 Å². The van der Waals surface area contributed by atoms with E-state index in [1.807, 2.05) is 24.3 Å². The number of fused-ring (bicyclic) bond motifs is 1. The number of nitrogens with one attached hydrogen (secondary N) is 1. The first-order chi connectivity index (χ1) is 15.2. The number of hydrogen-bond acceptors (Lipinski definition) is 6. The van der Waals surface area contributed by atoms with Crippen molar-refractivity contribution in [1.29, 1.82) is 0 Å². The highest BCUT2D eigenvalue weighted by Crippen LogP contribution is 2.29. The lowest BCUT2D eigenvalue weighted by Gasteiger charge is -2.31. The van der Waals surface area contributed by atoms with Crippen LogP contribution in [-0.2, 0) is 11.2 Å². The Morgan fingerprint density at radius 2 is 1.94 bits per heavy atom. The molecule has 1 aliphatic heterocycles. The molecular weight excluding hydrogens is 396 g/mol. The van der Waals surface area contributed by atoms with Crippen LogP contribution in [-0.4, -0.2) is 43.1 Å². The smallest absolute Gasteiger partial charge is 0.267 e. The fourth-order valence-electron chi connectivity index (χ4n) is 4.41. The summed E-state index contributed by atoms with van der Waals surface area (Å²) in [7, 11) is 0. The molecule has 0 spiro atoms. The van der Waals surface area contributed by atoms with Crippen LogP contribution in [0.2, 0.25) is 0 Å². The predicted octanol–water partition coefficient (Wildman–Crippen LogP) is 1.68. The minimum absolute atomic E-state index is 0.00835. The van der Waals surface area contributed by atoms with Crippen molar-refractivity contribution in [2.45, 2.75) is 44.2 Å². The Bertz CT molecular complexity index is 1120. The van der Waals surface area contributed by atoms with Gasteiger partial charge in [0.2, 0.25) is 5.91 Å². The third-order valence-corrected chi connectivity index (χ3v) is 6.10. The maximum Gasteiger partial charge on any atom is 0.267 e. The van der Waals surface area contributed by atoms with Crippen LogP contribution in [0.5, 0.6) is 5.75 Å². The van der Waals surface area contributed by atoms with Gasteiger partial charge in [0.15, 0.2) is 5.82 Å². The Morgan fingerprint density at radius 3 is 2.74 bits per heavy atom. The van der Waals surface area contributed by atoms with Crippen LogP contribution in [0, 0.1) is 5.92 Å². The molecule has 9 nitrogen and oxygen atoms in total. The molecule has 1 fully saturated rings. The lowest BCUT2D eigenvalue weighted by atomic mass is 9.90. The standard InChI is InChI=1S/C22H24N6O3/c29-21-10-9-20(27-14-23-13-24-27)26-28(21)18-7-5-17(6-8-18)25-22(30)16-11-15-3-1-2-4-19(15)31-12-16/h1-4,9-10,13-14,16-18H,5-8,11-12H2,(H,25,30). The van der Waals surface area contributed by atoms with E-state index in [9.17, 15) is 9.59 Å². The number of hydrogen-bond donors (Lipinski definition) is 1. The summed E-state index contributed by atoms with van der Waals surface area (Å²) >= 11 is 0. The second kappa shape index (κ2) is 8.33. The molecular formula is C22H24N6O3. The van der Waals surface area contributed by atoms with E-state index in [4.69, 9.17) is 4.74 Å². The van der Waals surface area contributed by atoms with E-state index in [2.05, 4.69) is 20.5 Å². The van der Waals surface area contributed by atoms with Crippen LogP contribution in [0.3, 0.4) is 0 Å². The summed E-state index contributed by atoms with van der Waals surface area (Å²) < 4.78 is 8.83. The molecule has 0 radical (unpaired) electrons. The third-order valence-electron chi connectivity index (χ3n) is 6.10. The maximum atomic E-state index is 12.8. The first kappa shape index (κ1) is 19.5. The van der Waals surface area contributed by atoms with Gasteiger partial charge in [-0.05, 0) is 49.8 Å². The molecule has 2 aliphatic rings. The van der Waals surface area contributed by atoms with Gasteiger partial charge in [0, 0.05) is 12.1 Å². The van der Waals surface area contributed by atoms with Gasteiger partial charge in [-0.1, -0.05) is 18.2 Å². The fourth-order valence-corrected chi connectivity index (χ4v) is 4.41. The molecule has 3 aromatic rings. The van der Waals surface area contributed by atoms with Crippen LogP contribution in [0.25, 0.3) is 5.82 Å². The molecule has 1 N–H and O–H groups in total. The molecule has 31 heavy (non-hydrogen) atoms. The predicted molar refractivity (Wildman–Crippen MR) is 112 cm³/mol. The second-order valence-corrected chi connectivity index (χ2v) is 8.15. The normalized spacial score (nSPS) is 22.9. The van der Waals surface area contributed by atoms with Crippen molar-refractivity contribution < 1.29 is 9.53 Å².